The Bertz CT molecular complexity index is 2710. The molecular weight excluding hydrogens is 861 g/mol. The number of pyridine rings is 1. The van der Waals surface area contributed by atoms with Crippen molar-refractivity contribution in [2.24, 2.45) is 0 Å². The number of nitrogens with zero attached hydrogens (tertiary/aromatic N) is 4. The number of carbonyl (C=O) groups excluding carboxylic acids is 4. The van der Waals surface area contributed by atoms with Gasteiger partial charge in [0, 0.05) is 86.3 Å². The maximum Gasteiger partial charge on any atom is 0.301 e. The molecule has 0 unspecified atom stereocenters. The minimum atomic E-state index is -4.36. The molecule has 0 spiro atoms. The van der Waals surface area contributed by atoms with Gasteiger partial charge in [0.15, 0.2) is 5.82 Å². The number of unbranched alkanes of at least 4 members (excludes halogenated alkanes) is 1. The van der Waals surface area contributed by atoms with Gasteiger partial charge in [0.05, 0.1) is 23.4 Å². The van der Waals surface area contributed by atoms with Gasteiger partial charge in [-0.2, -0.15) is 12.7 Å². The van der Waals surface area contributed by atoms with Crippen molar-refractivity contribution in [1.82, 2.24) is 29.8 Å². The molecule has 3 aliphatic rings. The van der Waals surface area contributed by atoms with Crippen LogP contribution in [-0.4, -0.2) is 116 Å². The normalized spacial score (nSPS) is 18.6. The van der Waals surface area contributed by atoms with E-state index in [4.69, 9.17) is 4.74 Å². The maximum absolute atomic E-state index is 15.7. The summed E-state index contributed by atoms with van der Waals surface area (Å²) in [7, 11) is -4.36. The molecule has 0 radical (unpaired) electrons. The molecule has 8 rings (SSSR count). The zero-order valence-corrected chi connectivity index (χ0v) is 35.2. The zero-order valence-electron chi connectivity index (χ0n) is 34.3. The number of aromatic nitrogens is 2. The van der Waals surface area contributed by atoms with Crippen molar-refractivity contribution in [3.63, 3.8) is 0 Å². The Kier molecular flexibility index (Phi) is 13.0. The molecule has 4 N–H and O–H groups in total. The van der Waals surface area contributed by atoms with Crippen LogP contribution in [0.15, 0.2) is 73.1 Å². The Balaban J connectivity index is 0.813. The van der Waals surface area contributed by atoms with E-state index in [-0.39, 0.29) is 42.7 Å². The first-order valence-electron chi connectivity index (χ1n) is 20.8. The van der Waals surface area contributed by atoms with E-state index in [0.717, 1.165) is 79.3 Å². The number of hydrogen-bond acceptors (Lipinski definition) is 10. The first-order valence-corrected chi connectivity index (χ1v) is 22.2. The van der Waals surface area contributed by atoms with Crippen molar-refractivity contribution in [3.8, 4) is 16.9 Å². The van der Waals surface area contributed by atoms with Crippen molar-refractivity contribution < 1.29 is 49.9 Å². The van der Waals surface area contributed by atoms with Crippen molar-refractivity contribution in [2.45, 2.75) is 44.3 Å². The summed E-state index contributed by atoms with van der Waals surface area (Å²) in [5, 5.41) is 4.92. The quantitative estimate of drug-likeness (QED) is 0.0477. The monoisotopic (exact) mass is 904 g/mol. The molecule has 2 atom stereocenters. The lowest BCUT2D eigenvalue weighted by atomic mass is 9.99. The lowest BCUT2D eigenvalue weighted by Gasteiger charge is -2.36. The molecule has 5 heterocycles. The molecule has 3 saturated heterocycles. The number of ether oxygens (including phenoxy) is 1. The van der Waals surface area contributed by atoms with Gasteiger partial charge < -0.3 is 19.9 Å². The number of piperazine rings is 1. The van der Waals surface area contributed by atoms with Crippen LogP contribution in [0.4, 0.5) is 28.9 Å². The Morgan fingerprint density at radius 1 is 0.875 bits per heavy atom. The first kappa shape index (κ1) is 44.2. The number of aromatic amines is 1. The number of hydrogen-bond donors (Lipinski definition) is 4. The van der Waals surface area contributed by atoms with Crippen LogP contribution in [0.2, 0.25) is 0 Å². The minimum Gasteiger partial charge on any atom is -0.493 e. The highest BCUT2D eigenvalue weighted by Crippen LogP contribution is 2.31. The van der Waals surface area contributed by atoms with Gasteiger partial charge in [0.2, 0.25) is 17.6 Å². The molecule has 2 aromatic heterocycles. The molecule has 3 amide bonds. The molecule has 0 bridgehead atoms. The minimum absolute atomic E-state index is 0.00623. The number of benzene rings is 3. The summed E-state index contributed by atoms with van der Waals surface area (Å²) in [5.74, 6) is -5.89. The maximum atomic E-state index is 15.7. The molecule has 0 saturated carbocycles. The number of piperidine rings is 1. The lowest BCUT2D eigenvalue weighted by molar-refractivity contribution is -0.134. The average Bonchev–Trinajstić information content (AvgIpc) is 3.92. The van der Waals surface area contributed by atoms with E-state index in [1.807, 2.05) is 29.0 Å². The van der Waals surface area contributed by atoms with Gasteiger partial charge in [0.1, 0.15) is 35.2 Å². The predicted octanol–water partition coefficient (Wildman–Crippen LogP) is 5.09. The largest absolute Gasteiger partial charge is 0.493 e. The molecule has 336 valence electrons. The molecule has 0 aliphatic carbocycles. The van der Waals surface area contributed by atoms with E-state index in [1.165, 1.54) is 18.3 Å². The predicted molar refractivity (Wildman–Crippen MR) is 228 cm³/mol. The summed E-state index contributed by atoms with van der Waals surface area (Å²) in [4.78, 5) is 61.4. The van der Waals surface area contributed by atoms with Gasteiger partial charge in [0.25, 0.3) is 5.91 Å². The van der Waals surface area contributed by atoms with Gasteiger partial charge in [-0.1, -0.05) is 12.1 Å². The Morgan fingerprint density at radius 3 is 2.38 bits per heavy atom. The topological polar surface area (TPSA) is 186 Å². The Hall–Kier alpha value is -6.38. The lowest BCUT2D eigenvalue weighted by Crippen LogP contribution is -2.52. The summed E-state index contributed by atoms with van der Waals surface area (Å²) >= 11 is 0. The number of rotatable bonds is 15. The van der Waals surface area contributed by atoms with Gasteiger partial charge in [-0.25, -0.2) is 22.5 Å². The Labute approximate surface area is 365 Å². The fourth-order valence-corrected chi connectivity index (χ4v) is 9.26. The number of alkyl halides is 1. The molecule has 15 nitrogen and oxygen atoms in total. The molecule has 5 aromatic rings. The van der Waals surface area contributed by atoms with Crippen molar-refractivity contribution in [3.05, 3.63) is 107 Å². The second kappa shape index (κ2) is 18.8. The van der Waals surface area contributed by atoms with Gasteiger partial charge in [-0.3, -0.25) is 34.1 Å². The van der Waals surface area contributed by atoms with Crippen LogP contribution in [0.25, 0.3) is 22.2 Å². The van der Waals surface area contributed by atoms with Crippen LogP contribution >= 0.6 is 0 Å². The number of amides is 3. The van der Waals surface area contributed by atoms with Gasteiger partial charge in [-0.05, 0) is 80.3 Å². The third-order valence-electron chi connectivity index (χ3n) is 11.6. The highest BCUT2D eigenvalue weighted by molar-refractivity contribution is 7.90. The van der Waals surface area contributed by atoms with E-state index >= 15 is 8.78 Å². The molecule has 20 heteroatoms. The van der Waals surface area contributed by atoms with E-state index in [2.05, 4.69) is 30.4 Å². The summed E-state index contributed by atoms with van der Waals surface area (Å²) in [6.07, 6.45) is 3.37. The number of nitrogens with one attached hydrogen (secondary N) is 4. The van der Waals surface area contributed by atoms with E-state index in [0.29, 0.717) is 23.2 Å². The summed E-state index contributed by atoms with van der Waals surface area (Å²) in [5.41, 5.74) is 0.877. The third-order valence-corrected chi connectivity index (χ3v) is 13.1. The number of carbonyl (C=O) groups is 4. The van der Waals surface area contributed by atoms with Crippen molar-refractivity contribution in [1.29, 1.82) is 0 Å². The van der Waals surface area contributed by atoms with Crippen molar-refractivity contribution in [2.75, 3.05) is 62.0 Å². The zero-order chi connectivity index (χ0) is 45.1. The highest BCUT2D eigenvalue weighted by Gasteiger charge is 2.34. The number of anilines is 2. The average molecular weight is 905 g/mol. The molecule has 64 heavy (non-hydrogen) atoms. The van der Waals surface area contributed by atoms with Crippen LogP contribution < -0.4 is 25.0 Å². The molecular formula is C44H44F4N8O7S. The van der Waals surface area contributed by atoms with E-state index in [1.54, 1.807) is 12.3 Å². The smallest absolute Gasteiger partial charge is 0.301 e. The Morgan fingerprint density at radius 2 is 1.66 bits per heavy atom. The van der Waals surface area contributed by atoms with Gasteiger partial charge in [-0.15, -0.1) is 0 Å². The molecule has 3 aromatic carbocycles. The standard InChI is InChI=1S/C44H44F4N8O7S/c45-28-13-15-56(25-28)64(61,62)53-36-10-9-34(46)39(40(36)48)41(58)33-24-50-42-32(33)21-27(23-49-42)26-3-5-29(6-4-26)55-18-16-54(17-19-55)14-1-2-20-63-30-7-8-31(35(47)22-30)43(59)51-37-11-12-38(57)52-44(37)60/h3-10,21-24,28,37,53H,1-2,11-20,25H2,(H,49,50)(H,51,59)(H,52,57,60)/t28-,37+/m1/s1. The SMILES string of the molecule is O=C1CC[C@H](NC(=O)c2ccc(OCCCCN3CCN(c4ccc(-c5cnc6[nH]cc(C(=O)c7c(F)ccc(NS(=O)(=O)N8CC[C@@H](F)C8)c7F)c6c5)cc4)CC3)cc2F)C(=O)N1. The fourth-order valence-electron chi connectivity index (χ4n) is 7.99. The number of ketones is 1. The number of imide groups is 1. The van der Waals surface area contributed by atoms with E-state index in [9.17, 15) is 36.4 Å². The third kappa shape index (κ3) is 9.73. The fraction of sp³-hybridized carbons (Fsp3) is 0.341. The van der Waals surface area contributed by atoms with Crippen molar-refractivity contribution >= 4 is 56.1 Å². The number of fused-ring (bicyclic) bond motifs is 1. The first-order chi connectivity index (χ1) is 30.7. The number of halogens is 4. The van der Waals surface area contributed by atoms with Crippen LogP contribution in [0, 0.1) is 17.5 Å². The summed E-state index contributed by atoms with van der Waals surface area (Å²) in [6, 6.07) is 14.2. The number of H-pyrrole nitrogens is 1. The molecule has 3 aliphatic heterocycles. The summed E-state index contributed by atoms with van der Waals surface area (Å²) < 4.78 is 93.4. The van der Waals surface area contributed by atoms with E-state index < -0.39 is 81.2 Å². The van der Waals surface area contributed by atoms with Crippen LogP contribution in [-0.2, 0) is 19.8 Å². The second-order valence-corrected chi connectivity index (χ2v) is 17.5. The van der Waals surface area contributed by atoms with Crippen LogP contribution in [0.1, 0.15) is 58.4 Å². The second-order valence-electron chi connectivity index (χ2n) is 15.8. The highest BCUT2D eigenvalue weighted by atomic mass is 32.2. The van der Waals surface area contributed by atoms with Gasteiger partial charge >= 0.3 is 10.2 Å². The van der Waals surface area contributed by atoms with Crippen LogP contribution in [0.3, 0.4) is 0 Å². The molecule has 3 fully saturated rings. The summed E-state index contributed by atoms with van der Waals surface area (Å²) in [6.45, 7) is 3.99. The van der Waals surface area contributed by atoms with Crippen LogP contribution in [0.5, 0.6) is 5.75 Å².